The van der Waals surface area contributed by atoms with E-state index in [2.05, 4.69) is 6.92 Å². The predicted octanol–water partition coefficient (Wildman–Crippen LogP) is 7.84. The largest absolute Gasteiger partial charge is 0.494 e. The second-order valence-corrected chi connectivity index (χ2v) is 13.4. The van der Waals surface area contributed by atoms with E-state index in [9.17, 15) is 9.18 Å². The molecule has 0 spiro atoms. The third-order valence-corrected chi connectivity index (χ3v) is 9.26. The molecule has 3 unspecified atom stereocenters. The maximum atomic E-state index is 14.8. The van der Waals surface area contributed by atoms with Crippen LogP contribution in [0.15, 0.2) is 78.9 Å². The molecular formula is C42H45FO10. The molecule has 3 aliphatic rings. The fraction of sp³-hybridized carbons (Fsp3) is 0.405. The fourth-order valence-electron chi connectivity index (χ4n) is 6.07. The topological polar surface area (TPSA) is 107 Å². The van der Waals surface area contributed by atoms with Gasteiger partial charge in [0.05, 0.1) is 45.2 Å². The molecule has 0 bridgehead atoms. The number of hydrogen-bond donors (Lipinski definition) is 0. The summed E-state index contributed by atoms with van der Waals surface area (Å²) in [6.45, 7) is 7.57. The Labute approximate surface area is 308 Å². The minimum Gasteiger partial charge on any atom is -0.494 e. The number of esters is 1. The number of fused-ring (bicyclic) bond motifs is 3. The van der Waals surface area contributed by atoms with Gasteiger partial charge >= 0.3 is 5.97 Å². The van der Waals surface area contributed by atoms with Crippen molar-refractivity contribution in [1.82, 2.24) is 0 Å². The van der Waals surface area contributed by atoms with Crippen molar-refractivity contribution in [1.29, 1.82) is 0 Å². The van der Waals surface area contributed by atoms with Crippen molar-refractivity contribution in [2.24, 2.45) is 0 Å². The van der Waals surface area contributed by atoms with Gasteiger partial charge in [-0.05, 0) is 108 Å². The molecule has 2 heterocycles. The van der Waals surface area contributed by atoms with E-state index >= 15 is 0 Å². The van der Waals surface area contributed by atoms with Crippen LogP contribution in [0.2, 0.25) is 0 Å². The van der Waals surface area contributed by atoms with Gasteiger partial charge in [-0.1, -0.05) is 31.2 Å². The third kappa shape index (κ3) is 10.6. The third-order valence-electron chi connectivity index (χ3n) is 9.26. The summed E-state index contributed by atoms with van der Waals surface area (Å²) in [6.07, 6.45) is 3.94. The monoisotopic (exact) mass is 728 g/mol. The van der Waals surface area contributed by atoms with Gasteiger partial charge in [0.2, 0.25) is 0 Å². The quantitative estimate of drug-likeness (QED) is 0.0199. The minimum atomic E-state index is -0.651. The Balaban J connectivity index is 0.840. The molecule has 3 atom stereocenters. The van der Waals surface area contributed by atoms with Crippen LogP contribution >= 0.6 is 0 Å². The number of ether oxygens (including phenoxy) is 7. The number of hydrogen-bond acceptors (Lipinski definition) is 10. The highest BCUT2D eigenvalue weighted by molar-refractivity contribution is 5.91. The molecule has 7 rings (SSSR count). The van der Waals surface area contributed by atoms with Gasteiger partial charge in [0.15, 0.2) is 17.3 Å². The van der Waals surface area contributed by atoms with Crippen LogP contribution in [0.25, 0.3) is 11.1 Å². The Bertz CT molecular complexity index is 1820. The van der Waals surface area contributed by atoms with E-state index in [0.29, 0.717) is 50.6 Å². The van der Waals surface area contributed by atoms with Gasteiger partial charge in [0.1, 0.15) is 30.3 Å². The number of unbranched alkanes of at least 4 members (excludes halogenated alkanes) is 2. The molecule has 1 aliphatic carbocycles. The lowest BCUT2D eigenvalue weighted by molar-refractivity contribution is -0.217. The Morgan fingerprint density at radius 3 is 1.92 bits per heavy atom. The Morgan fingerprint density at radius 2 is 1.28 bits per heavy atom. The molecule has 2 fully saturated rings. The second-order valence-electron chi connectivity index (χ2n) is 13.4. The molecule has 0 radical (unpaired) electrons. The Hall–Kier alpha value is -4.52. The van der Waals surface area contributed by atoms with E-state index in [-0.39, 0.29) is 29.9 Å². The van der Waals surface area contributed by atoms with E-state index in [4.69, 9.17) is 42.9 Å². The zero-order chi connectivity index (χ0) is 36.4. The highest BCUT2D eigenvalue weighted by Gasteiger charge is 2.27. The van der Waals surface area contributed by atoms with Crippen LogP contribution in [0.1, 0.15) is 65.6 Å². The molecule has 0 N–H and O–H groups in total. The molecule has 11 heteroatoms. The number of epoxide rings is 2. The maximum absolute atomic E-state index is 14.8. The molecule has 53 heavy (non-hydrogen) atoms. The first-order valence-corrected chi connectivity index (χ1v) is 18.3. The summed E-state index contributed by atoms with van der Waals surface area (Å²) in [5.74, 6) is 0.624. The van der Waals surface area contributed by atoms with Crippen molar-refractivity contribution in [2.75, 3.05) is 52.9 Å². The first-order valence-electron chi connectivity index (χ1n) is 18.3. The van der Waals surface area contributed by atoms with Gasteiger partial charge in [-0.15, -0.1) is 0 Å². The Morgan fingerprint density at radius 1 is 0.698 bits per heavy atom. The normalized spacial score (nSPS) is 17.9. The molecule has 2 aliphatic heterocycles. The van der Waals surface area contributed by atoms with Gasteiger partial charge in [-0.3, -0.25) is 0 Å². The van der Waals surface area contributed by atoms with Crippen LogP contribution < -0.4 is 19.1 Å². The van der Waals surface area contributed by atoms with Crippen molar-refractivity contribution in [2.45, 2.75) is 57.3 Å². The summed E-state index contributed by atoms with van der Waals surface area (Å²) < 4.78 is 53.1. The summed E-state index contributed by atoms with van der Waals surface area (Å²) in [5.41, 5.74) is 5.27. The molecular weight excluding hydrogens is 683 g/mol. The lowest BCUT2D eigenvalue weighted by atomic mass is 9.99. The second kappa shape index (κ2) is 18.0. The van der Waals surface area contributed by atoms with E-state index < -0.39 is 11.8 Å². The van der Waals surface area contributed by atoms with E-state index in [1.54, 1.807) is 6.07 Å². The highest BCUT2D eigenvalue weighted by Crippen LogP contribution is 2.47. The zero-order valence-electron chi connectivity index (χ0n) is 29.9. The average Bonchev–Trinajstić information content (AvgIpc) is 4.12. The number of carbonyl (C=O) groups is 1. The molecule has 2 saturated heterocycles. The van der Waals surface area contributed by atoms with Crippen molar-refractivity contribution >= 4 is 5.97 Å². The summed E-state index contributed by atoms with van der Waals surface area (Å²) in [5, 5.41) is 0. The molecule has 4 aromatic carbocycles. The van der Waals surface area contributed by atoms with Crippen LogP contribution in [-0.4, -0.2) is 71.0 Å². The van der Waals surface area contributed by atoms with Gasteiger partial charge in [0, 0.05) is 19.1 Å². The smallest absolute Gasteiger partial charge is 0.343 e. The first kappa shape index (κ1) is 36.8. The summed E-state index contributed by atoms with van der Waals surface area (Å²) >= 11 is 0. The molecule has 0 saturated carbocycles. The number of carbonyl (C=O) groups excluding carboxylic acids is 1. The molecule has 280 valence electrons. The molecule has 0 aromatic heterocycles. The van der Waals surface area contributed by atoms with Crippen molar-refractivity contribution in [3.63, 3.8) is 0 Å². The predicted molar refractivity (Wildman–Crippen MR) is 193 cm³/mol. The summed E-state index contributed by atoms with van der Waals surface area (Å²) in [6, 6.07) is 23.3. The lowest BCUT2D eigenvalue weighted by Crippen LogP contribution is -2.10. The lowest BCUT2D eigenvalue weighted by Gasteiger charge is -2.11. The van der Waals surface area contributed by atoms with E-state index in [0.717, 1.165) is 85.1 Å². The standard InChI is InChI=1S/C42H45FO10/c1-28-38-21-32(52-42(44)30-8-15-41(40(43)20-30)48-19-5-3-17-46-25-35-27-50-35)11-13-36(38)37-14-12-33(22-39(28)37)53-51-23-29-6-9-31(10-7-29)47-18-4-2-16-45-24-34-26-49-34/h6-15,20-22,28,34-35H,2-5,16-19,23-27H2,1H3. The Kier molecular flexibility index (Phi) is 12.5. The van der Waals surface area contributed by atoms with Crippen LogP contribution in [-0.2, 0) is 30.4 Å². The zero-order valence-corrected chi connectivity index (χ0v) is 29.9. The minimum absolute atomic E-state index is 0.0206. The fourth-order valence-corrected chi connectivity index (χ4v) is 6.07. The van der Waals surface area contributed by atoms with Crippen molar-refractivity contribution in [3.8, 4) is 34.1 Å². The van der Waals surface area contributed by atoms with Gasteiger partial charge in [-0.2, -0.15) is 4.89 Å². The molecule has 0 amide bonds. The molecule has 4 aromatic rings. The highest BCUT2D eigenvalue weighted by atomic mass is 19.1. The summed E-state index contributed by atoms with van der Waals surface area (Å²) in [4.78, 5) is 24.2. The van der Waals surface area contributed by atoms with Crippen LogP contribution in [0.5, 0.6) is 23.0 Å². The van der Waals surface area contributed by atoms with Crippen LogP contribution in [0, 0.1) is 5.82 Å². The van der Waals surface area contributed by atoms with E-state index in [1.807, 2.05) is 54.6 Å². The molecule has 10 nitrogen and oxygen atoms in total. The van der Waals surface area contributed by atoms with Crippen molar-refractivity contribution in [3.05, 3.63) is 107 Å². The average molecular weight is 729 g/mol. The summed E-state index contributed by atoms with van der Waals surface area (Å²) in [7, 11) is 0. The number of rotatable bonds is 22. The van der Waals surface area contributed by atoms with Gasteiger partial charge in [-0.25, -0.2) is 9.18 Å². The number of benzene rings is 4. The van der Waals surface area contributed by atoms with Crippen LogP contribution in [0.3, 0.4) is 0 Å². The van der Waals surface area contributed by atoms with Gasteiger partial charge in [0.25, 0.3) is 0 Å². The van der Waals surface area contributed by atoms with E-state index in [1.165, 1.54) is 12.1 Å². The first-order chi connectivity index (χ1) is 26.0. The van der Waals surface area contributed by atoms with Crippen LogP contribution in [0.4, 0.5) is 4.39 Å². The SMILES string of the molecule is CC1c2cc(OOCc3ccc(OCCCCOCC4CO4)cc3)ccc2-c2ccc(OC(=O)c3ccc(OCCCCOCC4CO4)c(F)c3)cc21. The maximum Gasteiger partial charge on any atom is 0.343 e. The van der Waals surface area contributed by atoms with Gasteiger partial charge < -0.3 is 38.0 Å². The number of halogens is 1. The van der Waals surface area contributed by atoms with Crippen molar-refractivity contribution < 1.29 is 52.1 Å².